The van der Waals surface area contributed by atoms with E-state index in [4.69, 9.17) is 11.6 Å². The van der Waals surface area contributed by atoms with Crippen molar-refractivity contribution < 1.29 is 0 Å². The average molecular weight is 295 g/mol. The number of halogens is 1. The van der Waals surface area contributed by atoms with Crippen molar-refractivity contribution in [3.05, 3.63) is 50.9 Å². The van der Waals surface area contributed by atoms with Crippen molar-refractivity contribution >= 4 is 22.9 Å². The van der Waals surface area contributed by atoms with Gasteiger partial charge in [-0.25, -0.2) is 4.98 Å². The molecule has 0 aliphatic rings. The largest absolute Gasteiger partial charge is 0.307 e. The number of rotatable bonds is 4. The summed E-state index contributed by atoms with van der Waals surface area (Å²) in [4.78, 5) is 4.66. The van der Waals surface area contributed by atoms with Crippen LogP contribution in [0.3, 0.4) is 0 Å². The van der Waals surface area contributed by atoms with Gasteiger partial charge < -0.3 is 5.32 Å². The van der Waals surface area contributed by atoms with Gasteiger partial charge in [0.05, 0.1) is 10.7 Å². The van der Waals surface area contributed by atoms with Crippen LogP contribution >= 0.6 is 22.9 Å². The Hall–Kier alpha value is -0.900. The van der Waals surface area contributed by atoms with Gasteiger partial charge in [-0.1, -0.05) is 50.6 Å². The summed E-state index contributed by atoms with van der Waals surface area (Å²) in [7, 11) is 0. The van der Waals surface area contributed by atoms with Gasteiger partial charge >= 0.3 is 0 Å². The van der Waals surface area contributed by atoms with Crippen molar-refractivity contribution in [2.75, 3.05) is 0 Å². The van der Waals surface area contributed by atoms with Gasteiger partial charge in [0.15, 0.2) is 0 Å². The molecule has 0 radical (unpaired) electrons. The predicted molar refractivity (Wildman–Crippen MR) is 82.8 cm³/mol. The zero-order valence-corrected chi connectivity index (χ0v) is 13.1. The van der Waals surface area contributed by atoms with E-state index in [1.54, 1.807) is 11.3 Å². The highest BCUT2D eigenvalue weighted by Gasteiger charge is 2.17. The summed E-state index contributed by atoms with van der Waals surface area (Å²) in [6.07, 6.45) is 0. The van der Waals surface area contributed by atoms with Crippen LogP contribution in [-0.4, -0.2) is 4.98 Å². The van der Waals surface area contributed by atoms with Crippen LogP contribution in [0.15, 0.2) is 29.6 Å². The number of nitrogens with zero attached hydrogens (tertiary/aromatic N) is 1. The second-order valence-corrected chi connectivity index (χ2v) is 6.85. The first-order valence-corrected chi connectivity index (χ1v) is 7.61. The fraction of sp³-hybridized carbons (Fsp3) is 0.400. The molecule has 0 fully saturated rings. The van der Waals surface area contributed by atoms with Gasteiger partial charge in [-0.15, -0.1) is 11.3 Å². The number of hydrogen-bond donors (Lipinski definition) is 1. The zero-order valence-electron chi connectivity index (χ0n) is 11.5. The highest BCUT2D eigenvalue weighted by atomic mass is 35.5. The van der Waals surface area contributed by atoms with Crippen molar-refractivity contribution in [2.24, 2.45) is 0 Å². The molecule has 1 aromatic carbocycles. The molecule has 2 rings (SSSR count). The number of hydrogen-bond acceptors (Lipinski definition) is 3. The lowest BCUT2D eigenvalue weighted by Gasteiger charge is -2.13. The average Bonchev–Trinajstić information content (AvgIpc) is 2.80. The van der Waals surface area contributed by atoms with Gasteiger partial charge in [-0.05, 0) is 11.6 Å². The fourth-order valence-corrected chi connectivity index (χ4v) is 2.81. The van der Waals surface area contributed by atoms with E-state index in [9.17, 15) is 0 Å². The molecule has 1 aromatic heterocycles. The Morgan fingerprint density at radius 3 is 2.58 bits per heavy atom. The van der Waals surface area contributed by atoms with Crippen LogP contribution < -0.4 is 5.32 Å². The standard InChI is InChI=1S/C15H19ClN2S/c1-15(2,3)14-18-12(10-19-14)9-17-8-11-6-4-5-7-13(11)16/h4-7,10,17H,8-9H2,1-3H3. The number of thiazole rings is 1. The molecule has 2 aromatic rings. The lowest BCUT2D eigenvalue weighted by molar-refractivity contribution is 0.579. The minimum atomic E-state index is 0.131. The topological polar surface area (TPSA) is 24.9 Å². The molecule has 0 saturated heterocycles. The van der Waals surface area contributed by atoms with E-state index < -0.39 is 0 Å². The molecule has 0 atom stereocenters. The van der Waals surface area contributed by atoms with Crippen molar-refractivity contribution in [3.63, 3.8) is 0 Å². The molecule has 4 heteroatoms. The van der Waals surface area contributed by atoms with E-state index in [0.29, 0.717) is 0 Å². The monoisotopic (exact) mass is 294 g/mol. The van der Waals surface area contributed by atoms with Crippen molar-refractivity contribution in [3.8, 4) is 0 Å². The summed E-state index contributed by atoms with van der Waals surface area (Å²) in [5, 5.41) is 7.50. The predicted octanol–water partition coefficient (Wildman–Crippen LogP) is 4.38. The molecule has 0 bridgehead atoms. The quantitative estimate of drug-likeness (QED) is 0.905. The first-order chi connectivity index (χ1) is 8.97. The van der Waals surface area contributed by atoms with Crippen LogP contribution in [0.1, 0.15) is 37.0 Å². The summed E-state index contributed by atoms with van der Waals surface area (Å²) in [5.74, 6) is 0. The van der Waals surface area contributed by atoms with Crippen LogP contribution in [-0.2, 0) is 18.5 Å². The molecular weight excluding hydrogens is 276 g/mol. The Bertz CT molecular complexity index is 543. The molecule has 1 N–H and O–H groups in total. The SMILES string of the molecule is CC(C)(C)c1nc(CNCc2ccccc2Cl)cs1. The van der Waals surface area contributed by atoms with Crippen LogP contribution in [0, 0.1) is 0 Å². The third kappa shape index (κ3) is 4.03. The van der Waals surface area contributed by atoms with Crippen LogP contribution in [0.25, 0.3) is 0 Å². The molecule has 0 aliphatic carbocycles. The fourth-order valence-electron chi connectivity index (χ4n) is 1.70. The van der Waals surface area contributed by atoms with Crippen molar-refractivity contribution in [1.82, 2.24) is 10.3 Å². The van der Waals surface area contributed by atoms with Gasteiger partial charge in [-0.2, -0.15) is 0 Å². The Kier molecular flexibility index (Phi) is 4.61. The zero-order chi connectivity index (χ0) is 13.9. The molecule has 0 unspecified atom stereocenters. The van der Waals surface area contributed by atoms with Crippen LogP contribution in [0.5, 0.6) is 0 Å². The second kappa shape index (κ2) is 6.04. The third-order valence-electron chi connectivity index (χ3n) is 2.77. The van der Waals surface area contributed by atoms with E-state index in [0.717, 1.165) is 29.4 Å². The lowest BCUT2D eigenvalue weighted by Crippen LogP contribution is -2.14. The van der Waals surface area contributed by atoms with Gasteiger partial charge in [0.1, 0.15) is 0 Å². The van der Waals surface area contributed by atoms with Crippen molar-refractivity contribution in [2.45, 2.75) is 39.3 Å². The highest BCUT2D eigenvalue weighted by Crippen LogP contribution is 2.25. The normalized spacial score (nSPS) is 11.8. The molecule has 0 amide bonds. The molecule has 102 valence electrons. The first kappa shape index (κ1) is 14.5. The minimum Gasteiger partial charge on any atom is -0.307 e. The summed E-state index contributed by atoms with van der Waals surface area (Å²) in [6.45, 7) is 8.10. The maximum atomic E-state index is 6.12. The van der Waals surface area contributed by atoms with E-state index in [1.807, 2.05) is 24.3 Å². The molecule has 2 nitrogen and oxygen atoms in total. The Morgan fingerprint density at radius 2 is 1.95 bits per heavy atom. The van der Waals surface area contributed by atoms with Crippen LogP contribution in [0.4, 0.5) is 0 Å². The lowest BCUT2D eigenvalue weighted by atomic mass is 9.98. The molecular formula is C15H19ClN2S. The van der Waals surface area contributed by atoms with E-state index in [1.165, 1.54) is 5.01 Å². The third-order valence-corrected chi connectivity index (χ3v) is 4.46. The van der Waals surface area contributed by atoms with Crippen LogP contribution in [0.2, 0.25) is 5.02 Å². The molecule has 1 heterocycles. The van der Waals surface area contributed by atoms with Gasteiger partial charge in [0.2, 0.25) is 0 Å². The van der Waals surface area contributed by atoms with E-state index >= 15 is 0 Å². The highest BCUT2D eigenvalue weighted by molar-refractivity contribution is 7.09. The van der Waals surface area contributed by atoms with Gasteiger partial charge in [-0.3, -0.25) is 0 Å². The number of aromatic nitrogens is 1. The summed E-state index contributed by atoms with van der Waals surface area (Å²) in [5.41, 5.74) is 2.35. The Labute approximate surface area is 123 Å². The van der Waals surface area contributed by atoms with E-state index in [-0.39, 0.29) is 5.41 Å². The maximum absolute atomic E-state index is 6.12. The number of benzene rings is 1. The summed E-state index contributed by atoms with van der Waals surface area (Å²) >= 11 is 7.85. The summed E-state index contributed by atoms with van der Waals surface area (Å²) < 4.78 is 0. The van der Waals surface area contributed by atoms with Gasteiger partial charge in [0, 0.05) is 28.9 Å². The number of nitrogens with one attached hydrogen (secondary N) is 1. The Balaban J connectivity index is 1.90. The summed E-state index contributed by atoms with van der Waals surface area (Å²) in [6, 6.07) is 7.90. The first-order valence-electron chi connectivity index (χ1n) is 6.36. The maximum Gasteiger partial charge on any atom is 0.0982 e. The molecule has 0 spiro atoms. The molecule has 19 heavy (non-hydrogen) atoms. The minimum absolute atomic E-state index is 0.131. The van der Waals surface area contributed by atoms with Gasteiger partial charge in [0.25, 0.3) is 0 Å². The van der Waals surface area contributed by atoms with E-state index in [2.05, 4.69) is 36.5 Å². The smallest absolute Gasteiger partial charge is 0.0982 e. The molecule has 0 aliphatic heterocycles. The Morgan fingerprint density at radius 1 is 1.21 bits per heavy atom. The molecule has 0 saturated carbocycles. The second-order valence-electron chi connectivity index (χ2n) is 5.59. The van der Waals surface area contributed by atoms with Crippen molar-refractivity contribution in [1.29, 1.82) is 0 Å².